The zero-order valence-electron chi connectivity index (χ0n) is 11.3. The summed E-state index contributed by atoms with van der Waals surface area (Å²) in [7, 11) is 1.48. The number of carboxylic acid groups (broad SMARTS) is 1. The number of rotatable bonds is 5. The summed E-state index contributed by atoms with van der Waals surface area (Å²) in [6.07, 6.45) is 1.64. The molecule has 0 saturated heterocycles. The molecule has 0 bridgehead atoms. The molecule has 0 aliphatic rings. The van der Waals surface area contributed by atoms with Crippen LogP contribution in [0.5, 0.6) is 0 Å². The number of carbonyl (C=O) groups excluding carboxylic acids is 1. The van der Waals surface area contributed by atoms with Crippen LogP contribution in [0.3, 0.4) is 0 Å². The van der Waals surface area contributed by atoms with Gasteiger partial charge in [0, 0.05) is 13.2 Å². The summed E-state index contributed by atoms with van der Waals surface area (Å²) in [4.78, 5) is 28.3. The molecule has 6 heteroatoms. The van der Waals surface area contributed by atoms with Crippen LogP contribution in [-0.2, 0) is 11.3 Å². The van der Waals surface area contributed by atoms with E-state index in [0.717, 1.165) is 5.69 Å². The Bertz CT molecular complexity index is 434. The lowest BCUT2D eigenvalue weighted by Crippen LogP contribution is -2.49. The molecule has 6 nitrogen and oxygen atoms in total. The summed E-state index contributed by atoms with van der Waals surface area (Å²) in [5, 5.41) is 11.8. The number of carbonyl (C=O) groups is 2. The molecule has 1 aromatic heterocycles. The monoisotopic (exact) mass is 265 g/mol. The van der Waals surface area contributed by atoms with Gasteiger partial charge in [-0.3, -0.25) is 4.98 Å². The van der Waals surface area contributed by atoms with Crippen LogP contribution in [0.1, 0.15) is 19.5 Å². The molecular weight excluding hydrogens is 246 g/mol. The number of hydrogen-bond acceptors (Lipinski definition) is 3. The van der Waals surface area contributed by atoms with Crippen LogP contribution < -0.4 is 5.32 Å². The molecule has 0 aromatic carbocycles. The number of hydrogen-bond donors (Lipinski definition) is 2. The van der Waals surface area contributed by atoms with Gasteiger partial charge in [0.05, 0.1) is 12.2 Å². The van der Waals surface area contributed by atoms with Gasteiger partial charge in [0.25, 0.3) is 0 Å². The van der Waals surface area contributed by atoms with Crippen molar-refractivity contribution in [3.8, 4) is 0 Å². The Labute approximate surface area is 112 Å². The largest absolute Gasteiger partial charge is 0.480 e. The average molecular weight is 265 g/mol. The lowest BCUT2D eigenvalue weighted by molar-refractivity contribution is -0.143. The molecule has 0 fully saturated rings. The highest BCUT2D eigenvalue weighted by Gasteiger charge is 2.29. The zero-order chi connectivity index (χ0) is 14.4. The third-order valence-corrected chi connectivity index (χ3v) is 2.77. The van der Waals surface area contributed by atoms with Crippen LogP contribution >= 0.6 is 0 Å². The molecule has 0 radical (unpaired) electrons. The number of amides is 2. The number of urea groups is 1. The first kappa shape index (κ1) is 14.9. The number of nitrogens with one attached hydrogen (secondary N) is 1. The van der Waals surface area contributed by atoms with Crippen molar-refractivity contribution >= 4 is 12.0 Å². The summed E-state index contributed by atoms with van der Waals surface area (Å²) >= 11 is 0. The van der Waals surface area contributed by atoms with Crippen LogP contribution in [0.25, 0.3) is 0 Å². The van der Waals surface area contributed by atoms with E-state index in [9.17, 15) is 9.59 Å². The Hall–Kier alpha value is -2.11. The summed E-state index contributed by atoms with van der Waals surface area (Å²) in [6.45, 7) is 3.80. The van der Waals surface area contributed by atoms with Gasteiger partial charge >= 0.3 is 12.0 Å². The van der Waals surface area contributed by atoms with E-state index in [0.29, 0.717) is 0 Å². The Balaban J connectivity index is 2.59. The fourth-order valence-corrected chi connectivity index (χ4v) is 1.82. The minimum atomic E-state index is -1.01. The lowest BCUT2D eigenvalue weighted by Gasteiger charge is -2.27. The molecule has 0 saturated carbocycles. The van der Waals surface area contributed by atoms with Gasteiger partial charge in [-0.15, -0.1) is 0 Å². The van der Waals surface area contributed by atoms with Gasteiger partial charge < -0.3 is 15.3 Å². The number of likely N-dealkylation sites (N-methyl/N-ethyl adjacent to an activating group) is 1. The lowest BCUT2D eigenvalue weighted by atomic mass is 10.0. The van der Waals surface area contributed by atoms with Crippen LogP contribution in [0.2, 0.25) is 0 Å². The van der Waals surface area contributed by atoms with Crippen LogP contribution in [-0.4, -0.2) is 40.1 Å². The highest BCUT2D eigenvalue weighted by atomic mass is 16.4. The van der Waals surface area contributed by atoms with Crippen molar-refractivity contribution in [3.63, 3.8) is 0 Å². The molecule has 1 aromatic rings. The smallest absolute Gasteiger partial charge is 0.326 e. The Morgan fingerprint density at radius 3 is 2.58 bits per heavy atom. The van der Waals surface area contributed by atoms with E-state index < -0.39 is 18.0 Å². The molecule has 1 unspecified atom stereocenters. The first-order valence-electron chi connectivity index (χ1n) is 6.07. The van der Waals surface area contributed by atoms with Gasteiger partial charge in [0.2, 0.25) is 0 Å². The third kappa shape index (κ3) is 4.24. The maximum Gasteiger partial charge on any atom is 0.326 e. The van der Waals surface area contributed by atoms with Crippen molar-refractivity contribution in [2.24, 2.45) is 5.92 Å². The maximum absolute atomic E-state index is 11.9. The van der Waals surface area contributed by atoms with Crippen molar-refractivity contribution in [3.05, 3.63) is 30.1 Å². The van der Waals surface area contributed by atoms with E-state index in [-0.39, 0.29) is 12.5 Å². The molecule has 2 amide bonds. The van der Waals surface area contributed by atoms with E-state index in [1.54, 1.807) is 32.2 Å². The number of pyridine rings is 1. The number of aliphatic carboxylic acids is 1. The normalized spacial score (nSPS) is 12.0. The Kier molecular flexibility index (Phi) is 5.29. The van der Waals surface area contributed by atoms with Gasteiger partial charge in [-0.25, -0.2) is 9.59 Å². The fraction of sp³-hybridized carbons (Fsp3) is 0.462. The molecular formula is C13H19N3O3. The first-order chi connectivity index (χ1) is 8.93. The number of carboxylic acids is 1. The average Bonchev–Trinajstić information content (AvgIpc) is 2.36. The van der Waals surface area contributed by atoms with Crippen molar-refractivity contribution in [2.45, 2.75) is 26.4 Å². The quantitative estimate of drug-likeness (QED) is 0.841. The molecule has 0 aliphatic carbocycles. The zero-order valence-corrected chi connectivity index (χ0v) is 11.3. The van der Waals surface area contributed by atoms with Gasteiger partial charge in [0.1, 0.15) is 6.04 Å². The van der Waals surface area contributed by atoms with Gasteiger partial charge in [-0.2, -0.15) is 0 Å². The van der Waals surface area contributed by atoms with E-state index in [1.165, 1.54) is 11.9 Å². The highest BCUT2D eigenvalue weighted by Crippen LogP contribution is 2.09. The molecule has 0 spiro atoms. The highest BCUT2D eigenvalue weighted by molar-refractivity contribution is 5.82. The minimum absolute atomic E-state index is 0.164. The predicted octanol–water partition coefficient (Wildman–Crippen LogP) is 1.33. The van der Waals surface area contributed by atoms with Crippen LogP contribution in [0, 0.1) is 5.92 Å². The number of aromatic nitrogens is 1. The molecule has 104 valence electrons. The molecule has 1 rings (SSSR count). The molecule has 1 atom stereocenters. The molecule has 0 aliphatic heterocycles. The van der Waals surface area contributed by atoms with Crippen molar-refractivity contribution < 1.29 is 14.7 Å². The SMILES string of the molecule is CC(C)C(C(=O)O)N(C)C(=O)NCc1ccccn1. The minimum Gasteiger partial charge on any atom is -0.480 e. The standard InChI is InChI=1S/C13H19N3O3/c1-9(2)11(12(17)18)16(3)13(19)15-8-10-6-4-5-7-14-10/h4-7,9,11H,8H2,1-3H3,(H,15,19)(H,17,18). The summed E-state index contributed by atoms with van der Waals surface area (Å²) in [6, 6.07) is 4.14. The van der Waals surface area contributed by atoms with Crippen molar-refractivity contribution in [1.82, 2.24) is 15.2 Å². The van der Waals surface area contributed by atoms with Gasteiger partial charge in [-0.1, -0.05) is 19.9 Å². The third-order valence-electron chi connectivity index (χ3n) is 2.77. The predicted molar refractivity (Wildman–Crippen MR) is 70.5 cm³/mol. The van der Waals surface area contributed by atoms with E-state index in [4.69, 9.17) is 5.11 Å². The van der Waals surface area contributed by atoms with E-state index >= 15 is 0 Å². The Morgan fingerprint density at radius 2 is 2.11 bits per heavy atom. The number of nitrogens with zero attached hydrogens (tertiary/aromatic N) is 2. The van der Waals surface area contributed by atoms with Gasteiger partial charge in [-0.05, 0) is 18.1 Å². The molecule has 1 heterocycles. The second-order valence-corrected chi connectivity index (χ2v) is 4.62. The summed E-state index contributed by atoms with van der Waals surface area (Å²) in [5.74, 6) is -1.17. The summed E-state index contributed by atoms with van der Waals surface area (Å²) in [5.41, 5.74) is 0.723. The van der Waals surface area contributed by atoms with Crippen molar-refractivity contribution in [1.29, 1.82) is 0 Å². The second kappa shape index (κ2) is 6.72. The van der Waals surface area contributed by atoms with E-state index in [2.05, 4.69) is 10.3 Å². The fourth-order valence-electron chi connectivity index (χ4n) is 1.82. The first-order valence-corrected chi connectivity index (χ1v) is 6.07. The molecule has 19 heavy (non-hydrogen) atoms. The topological polar surface area (TPSA) is 82.5 Å². The maximum atomic E-state index is 11.9. The van der Waals surface area contributed by atoms with Crippen molar-refractivity contribution in [2.75, 3.05) is 7.05 Å². The molecule has 2 N–H and O–H groups in total. The van der Waals surface area contributed by atoms with Gasteiger partial charge in [0.15, 0.2) is 0 Å². The van der Waals surface area contributed by atoms with Crippen LogP contribution in [0.4, 0.5) is 4.79 Å². The van der Waals surface area contributed by atoms with Crippen LogP contribution in [0.15, 0.2) is 24.4 Å². The Morgan fingerprint density at radius 1 is 1.42 bits per heavy atom. The van der Waals surface area contributed by atoms with E-state index in [1.807, 2.05) is 6.07 Å². The summed E-state index contributed by atoms with van der Waals surface area (Å²) < 4.78 is 0. The second-order valence-electron chi connectivity index (χ2n) is 4.62.